The van der Waals surface area contributed by atoms with Crippen molar-refractivity contribution in [2.75, 3.05) is 5.32 Å². The lowest BCUT2D eigenvalue weighted by molar-refractivity contribution is 0.0492. The maximum Gasteiger partial charge on any atom is 0.407 e. The van der Waals surface area contributed by atoms with E-state index in [0.29, 0.717) is 6.04 Å². The molecule has 26 heavy (non-hydrogen) atoms. The summed E-state index contributed by atoms with van der Waals surface area (Å²) in [6.45, 7) is 5.62. The summed E-state index contributed by atoms with van der Waals surface area (Å²) >= 11 is 0. The molecule has 0 radical (unpaired) electrons. The van der Waals surface area contributed by atoms with E-state index in [1.807, 2.05) is 39.0 Å². The first-order valence-electron chi connectivity index (χ1n) is 9.27. The number of alkyl carbamates (subject to hydrolysis) is 1. The Kier molecular flexibility index (Phi) is 5.25. The molecule has 140 valence electrons. The number of phenols is 1. The molecule has 0 unspecified atom stereocenters. The highest BCUT2D eigenvalue weighted by Gasteiger charge is 2.24. The molecule has 3 N–H and O–H groups in total. The van der Waals surface area contributed by atoms with Gasteiger partial charge in [0.1, 0.15) is 11.4 Å². The minimum Gasteiger partial charge on any atom is -0.508 e. The van der Waals surface area contributed by atoms with Crippen molar-refractivity contribution in [2.45, 2.75) is 64.1 Å². The number of benzene rings is 2. The van der Waals surface area contributed by atoms with Crippen molar-refractivity contribution in [3.05, 3.63) is 36.4 Å². The van der Waals surface area contributed by atoms with Crippen molar-refractivity contribution >= 4 is 22.6 Å². The number of carbonyl (C=O) groups is 1. The van der Waals surface area contributed by atoms with E-state index in [-0.39, 0.29) is 17.9 Å². The van der Waals surface area contributed by atoms with Crippen LogP contribution >= 0.6 is 0 Å². The Hall–Kier alpha value is -2.43. The Balaban J connectivity index is 1.51. The number of ether oxygens (including phenoxy) is 1. The second-order valence-corrected chi connectivity index (χ2v) is 8.09. The molecule has 5 nitrogen and oxygen atoms in total. The van der Waals surface area contributed by atoms with Gasteiger partial charge in [-0.25, -0.2) is 4.79 Å². The average Bonchev–Trinajstić information content (AvgIpc) is 2.55. The number of aromatic hydroxyl groups is 1. The molecule has 0 aliphatic heterocycles. The van der Waals surface area contributed by atoms with Gasteiger partial charge in [0.25, 0.3) is 0 Å². The van der Waals surface area contributed by atoms with Crippen LogP contribution in [0.25, 0.3) is 10.8 Å². The van der Waals surface area contributed by atoms with E-state index in [0.717, 1.165) is 42.1 Å². The molecule has 0 heterocycles. The zero-order valence-corrected chi connectivity index (χ0v) is 15.7. The third kappa shape index (κ3) is 5.04. The van der Waals surface area contributed by atoms with Crippen LogP contribution in [-0.2, 0) is 4.74 Å². The van der Waals surface area contributed by atoms with Crippen molar-refractivity contribution in [1.29, 1.82) is 0 Å². The van der Waals surface area contributed by atoms with Crippen LogP contribution in [0.1, 0.15) is 46.5 Å². The summed E-state index contributed by atoms with van der Waals surface area (Å²) in [6.07, 6.45) is 3.57. The van der Waals surface area contributed by atoms with E-state index in [1.165, 1.54) is 0 Å². The lowest BCUT2D eigenvalue weighted by Crippen LogP contribution is -2.42. The van der Waals surface area contributed by atoms with Crippen molar-refractivity contribution in [2.24, 2.45) is 0 Å². The molecule has 1 aliphatic rings. The van der Waals surface area contributed by atoms with Crippen LogP contribution in [0.3, 0.4) is 0 Å². The Labute approximate surface area is 154 Å². The topological polar surface area (TPSA) is 70.6 Å². The molecule has 1 aliphatic carbocycles. The number of hydrogen-bond acceptors (Lipinski definition) is 4. The Bertz CT molecular complexity index is 774. The monoisotopic (exact) mass is 356 g/mol. The lowest BCUT2D eigenvalue weighted by atomic mass is 9.91. The van der Waals surface area contributed by atoms with Crippen LogP contribution in [0.15, 0.2) is 36.4 Å². The van der Waals surface area contributed by atoms with Crippen LogP contribution in [0, 0.1) is 0 Å². The maximum atomic E-state index is 11.9. The van der Waals surface area contributed by atoms with Crippen molar-refractivity contribution < 1.29 is 14.6 Å². The maximum absolute atomic E-state index is 11.9. The van der Waals surface area contributed by atoms with Crippen LogP contribution in [0.5, 0.6) is 5.75 Å². The molecule has 2 aromatic carbocycles. The van der Waals surface area contributed by atoms with Gasteiger partial charge in [-0.15, -0.1) is 0 Å². The summed E-state index contributed by atoms with van der Waals surface area (Å²) < 4.78 is 5.33. The second kappa shape index (κ2) is 7.44. The van der Waals surface area contributed by atoms with Crippen LogP contribution in [0.2, 0.25) is 0 Å². The van der Waals surface area contributed by atoms with Crippen LogP contribution in [0.4, 0.5) is 10.5 Å². The van der Waals surface area contributed by atoms with Gasteiger partial charge in [-0.2, -0.15) is 0 Å². The third-order valence-corrected chi connectivity index (χ3v) is 4.64. The first-order valence-corrected chi connectivity index (χ1v) is 9.27. The summed E-state index contributed by atoms with van der Waals surface area (Å²) in [5, 5.41) is 18.3. The number of fused-ring (bicyclic) bond motifs is 1. The number of carbonyl (C=O) groups excluding carboxylic acids is 1. The lowest BCUT2D eigenvalue weighted by Gasteiger charge is -2.31. The van der Waals surface area contributed by atoms with Crippen molar-refractivity contribution in [3.63, 3.8) is 0 Å². The summed E-state index contributed by atoms with van der Waals surface area (Å²) in [4.78, 5) is 11.9. The molecule has 1 saturated carbocycles. The molecule has 0 bridgehead atoms. The zero-order valence-electron chi connectivity index (χ0n) is 15.7. The normalized spacial score (nSPS) is 20.6. The first kappa shape index (κ1) is 18.4. The molecule has 0 spiro atoms. The fourth-order valence-electron chi connectivity index (χ4n) is 3.41. The Morgan fingerprint density at radius 1 is 1.00 bits per heavy atom. The average molecular weight is 356 g/mol. The number of phenolic OH excluding ortho intramolecular Hbond substituents is 1. The van der Waals surface area contributed by atoms with Gasteiger partial charge in [-0.05, 0) is 81.5 Å². The molecule has 3 rings (SSSR count). The smallest absolute Gasteiger partial charge is 0.407 e. The van der Waals surface area contributed by atoms with Crippen molar-refractivity contribution in [1.82, 2.24) is 5.32 Å². The summed E-state index contributed by atoms with van der Waals surface area (Å²) in [5.74, 6) is 0.286. The van der Waals surface area contributed by atoms with E-state index < -0.39 is 5.60 Å². The summed E-state index contributed by atoms with van der Waals surface area (Å²) in [5.41, 5.74) is 0.627. The van der Waals surface area contributed by atoms with E-state index in [4.69, 9.17) is 4.74 Å². The van der Waals surface area contributed by atoms with E-state index in [2.05, 4.69) is 16.7 Å². The quantitative estimate of drug-likeness (QED) is 0.739. The predicted molar refractivity (Wildman–Crippen MR) is 105 cm³/mol. The second-order valence-electron chi connectivity index (χ2n) is 8.09. The van der Waals surface area contributed by atoms with E-state index in [9.17, 15) is 9.90 Å². The van der Waals surface area contributed by atoms with Gasteiger partial charge >= 0.3 is 6.09 Å². The van der Waals surface area contributed by atoms with Crippen LogP contribution in [-0.4, -0.2) is 28.9 Å². The highest BCUT2D eigenvalue weighted by Crippen LogP contribution is 2.26. The minimum absolute atomic E-state index is 0.183. The first-order chi connectivity index (χ1) is 12.3. The molecule has 0 saturated heterocycles. The highest BCUT2D eigenvalue weighted by molar-refractivity contribution is 5.86. The summed E-state index contributed by atoms with van der Waals surface area (Å²) in [6, 6.07) is 12.2. The van der Waals surface area contributed by atoms with Gasteiger partial charge < -0.3 is 20.5 Å². The largest absolute Gasteiger partial charge is 0.508 e. The number of rotatable bonds is 3. The predicted octanol–water partition coefficient (Wildman–Crippen LogP) is 4.79. The van der Waals surface area contributed by atoms with Gasteiger partial charge in [0, 0.05) is 17.8 Å². The third-order valence-electron chi connectivity index (χ3n) is 4.64. The Morgan fingerprint density at radius 3 is 2.31 bits per heavy atom. The molecular weight excluding hydrogens is 328 g/mol. The number of amides is 1. The molecule has 0 atom stereocenters. The molecule has 1 amide bonds. The fraction of sp³-hybridized carbons (Fsp3) is 0.476. The van der Waals surface area contributed by atoms with Crippen molar-refractivity contribution in [3.8, 4) is 5.75 Å². The standard InChI is InChI=1S/C21H28N2O3/c1-21(2,3)26-20(25)23-17-9-7-16(8-10-17)22-18-6-4-15-13-19(24)11-5-14(15)12-18/h4-6,11-13,16-17,22,24H,7-10H2,1-3H3,(H,23,25). The Morgan fingerprint density at radius 2 is 1.62 bits per heavy atom. The molecule has 5 heteroatoms. The molecule has 1 fully saturated rings. The molecule has 0 aromatic heterocycles. The van der Waals surface area contributed by atoms with Gasteiger partial charge in [0.05, 0.1) is 0 Å². The highest BCUT2D eigenvalue weighted by atomic mass is 16.6. The number of anilines is 1. The zero-order chi connectivity index (χ0) is 18.7. The van der Waals surface area contributed by atoms with Gasteiger partial charge in [-0.1, -0.05) is 12.1 Å². The number of nitrogens with one attached hydrogen (secondary N) is 2. The summed E-state index contributed by atoms with van der Waals surface area (Å²) in [7, 11) is 0. The SMILES string of the molecule is CC(C)(C)OC(=O)NC1CCC(Nc2ccc3cc(O)ccc3c2)CC1. The fourth-order valence-corrected chi connectivity index (χ4v) is 3.41. The van der Waals surface area contributed by atoms with Gasteiger partial charge in [0.2, 0.25) is 0 Å². The molecular formula is C21H28N2O3. The molecule has 2 aromatic rings. The minimum atomic E-state index is -0.463. The van der Waals surface area contributed by atoms with E-state index >= 15 is 0 Å². The van der Waals surface area contributed by atoms with Gasteiger partial charge in [-0.3, -0.25) is 0 Å². The van der Waals surface area contributed by atoms with Crippen LogP contribution < -0.4 is 10.6 Å². The van der Waals surface area contributed by atoms with Gasteiger partial charge in [0.15, 0.2) is 0 Å². The van der Waals surface area contributed by atoms with E-state index in [1.54, 1.807) is 12.1 Å². The number of hydrogen-bond donors (Lipinski definition) is 3.